The number of carbonyl (C=O) groups excluding carboxylic acids is 1. The van der Waals surface area contributed by atoms with Crippen molar-refractivity contribution in [1.29, 1.82) is 0 Å². The second-order valence-electron chi connectivity index (χ2n) is 4.64. The molecule has 0 fully saturated rings. The van der Waals surface area contributed by atoms with Gasteiger partial charge < -0.3 is 15.6 Å². The highest BCUT2D eigenvalue weighted by Gasteiger charge is 2.08. The van der Waals surface area contributed by atoms with E-state index in [1.165, 1.54) is 6.07 Å². The molecule has 2 aromatic heterocycles. The third-order valence-electron chi connectivity index (χ3n) is 2.99. The maximum atomic E-state index is 12.2. The molecule has 6 heteroatoms. The highest BCUT2D eigenvalue weighted by atomic mass is 16.1. The van der Waals surface area contributed by atoms with E-state index >= 15 is 0 Å². The lowest BCUT2D eigenvalue weighted by molar-refractivity contribution is 0.102. The van der Waals surface area contributed by atoms with Crippen molar-refractivity contribution in [1.82, 2.24) is 9.55 Å². The van der Waals surface area contributed by atoms with Crippen LogP contribution in [0.15, 0.2) is 41.5 Å². The molecule has 6 nitrogen and oxygen atoms in total. The molecule has 21 heavy (non-hydrogen) atoms. The van der Waals surface area contributed by atoms with E-state index in [9.17, 15) is 9.59 Å². The summed E-state index contributed by atoms with van der Waals surface area (Å²) in [6.07, 6.45) is 4.05. The van der Waals surface area contributed by atoms with Crippen LogP contribution >= 0.6 is 0 Å². The van der Waals surface area contributed by atoms with Gasteiger partial charge in [0.1, 0.15) is 0 Å². The van der Waals surface area contributed by atoms with Gasteiger partial charge in [-0.05, 0) is 24.6 Å². The number of nitrogens with one attached hydrogen (secondary N) is 1. The number of hydrogen-bond donors (Lipinski definition) is 2. The molecule has 2 aromatic rings. The molecule has 0 radical (unpaired) electrons. The van der Waals surface area contributed by atoms with Crippen molar-refractivity contribution in [3.8, 4) is 0 Å². The second-order valence-corrected chi connectivity index (χ2v) is 4.64. The van der Waals surface area contributed by atoms with Crippen LogP contribution in [0.2, 0.25) is 0 Å². The van der Waals surface area contributed by atoms with Gasteiger partial charge in [-0.25, -0.2) is 0 Å². The van der Waals surface area contributed by atoms with E-state index in [0.29, 0.717) is 23.5 Å². The van der Waals surface area contributed by atoms with Crippen LogP contribution in [-0.2, 0) is 13.1 Å². The maximum absolute atomic E-state index is 12.2. The predicted octanol–water partition coefficient (Wildman–Crippen LogP) is 1.36. The first kappa shape index (κ1) is 14.9. The van der Waals surface area contributed by atoms with Gasteiger partial charge in [-0.1, -0.05) is 6.92 Å². The van der Waals surface area contributed by atoms with Crippen LogP contribution in [0.3, 0.4) is 0 Å². The zero-order valence-electron chi connectivity index (χ0n) is 11.9. The van der Waals surface area contributed by atoms with Gasteiger partial charge in [-0.3, -0.25) is 14.6 Å². The minimum Gasteiger partial charge on any atom is -0.325 e. The first-order valence-electron chi connectivity index (χ1n) is 6.81. The van der Waals surface area contributed by atoms with Gasteiger partial charge in [0, 0.05) is 37.1 Å². The van der Waals surface area contributed by atoms with E-state index < -0.39 is 0 Å². The maximum Gasteiger partial charge on any atom is 0.255 e. The summed E-state index contributed by atoms with van der Waals surface area (Å²) in [6, 6.07) is 6.31. The highest BCUT2D eigenvalue weighted by molar-refractivity contribution is 6.04. The molecule has 0 saturated heterocycles. The van der Waals surface area contributed by atoms with E-state index in [2.05, 4.69) is 10.3 Å². The summed E-state index contributed by atoms with van der Waals surface area (Å²) in [5.74, 6) is -0.256. The standard InChI is InChI=1S/C15H18N4O2/c1-2-7-19-10-12(3-4-14(19)20)18-15(21)11-5-6-17-13(8-11)9-16/h3-6,8,10H,2,7,9,16H2,1H3,(H,18,21). The van der Waals surface area contributed by atoms with Crippen LogP contribution < -0.4 is 16.6 Å². The largest absolute Gasteiger partial charge is 0.325 e. The SMILES string of the molecule is CCCn1cc(NC(=O)c2ccnc(CN)c2)ccc1=O. The highest BCUT2D eigenvalue weighted by Crippen LogP contribution is 2.08. The van der Waals surface area contributed by atoms with Gasteiger partial charge in [0.15, 0.2) is 0 Å². The number of nitrogens with two attached hydrogens (primary N) is 1. The average molecular weight is 286 g/mol. The smallest absolute Gasteiger partial charge is 0.255 e. The monoisotopic (exact) mass is 286 g/mol. The minimum absolute atomic E-state index is 0.0795. The first-order chi connectivity index (χ1) is 10.1. The molecular formula is C15H18N4O2. The number of amides is 1. The molecule has 0 aliphatic rings. The number of nitrogens with zero attached hydrogens (tertiary/aromatic N) is 2. The number of pyridine rings is 2. The Labute approximate surface area is 122 Å². The van der Waals surface area contributed by atoms with Gasteiger partial charge in [-0.2, -0.15) is 0 Å². The van der Waals surface area contributed by atoms with Gasteiger partial charge >= 0.3 is 0 Å². The van der Waals surface area contributed by atoms with Crippen molar-refractivity contribution in [3.63, 3.8) is 0 Å². The number of anilines is 1. The quantitative estimate of drug-likeness (QED) is 0.868. The summed E-state index contributed by atoms with van der Waals surface area (Å²) in [5.41, 5.74) is 7.15. The van der Waals surface area contributed by atoms with Crippen LogP contribution in [0.25, 0.3) is 0 Å². The van der Waals surface area contributed by atoms with Gasteiger partial charge in [-0.15, -0.1) is 0 Å². The molecule has 2 heterocycles. The van der Waals surface area contributed by atoms with Crippen molar-refractivity contribution < 1.29 is 4.79 Å². The van der Waals surface area contributed by atoms with Crippen molar-refractivity contribution in [3.05, 3.63) is 58.3 Å². The van der Waals surface area contributed by atoms with E-state index in [-0.39, 0.29) is 18.0 Å². The molecule has 0 aliphatic carbocycles. The fourth-order valence-corrected chi connectivity index (χ4v) is 1.96. The molecule has 1 amide bonds. The Hall–Kier alpha value is -2.47. The van der Waals surface area contributed by atoms with E-state index in [1.54, 1.807) is 35.2 Å². The molecule has 0 spiro atoms. The van der Waals surface area contributed by atoms with Gasteiger partial charge in [0.05, 0.1) is 11.4 Å². The third-order valence-corrected chi connectivity index (χ3v) is 2.99. The fourth-order valence-electron chi connectivity index (χ4n) is 1.96. The Kier molecular flexibility index (Phi) is 4.84. The summed E-state index contributed by atoms with van der Waals surface area (Å²) in [5, 5.41) is 2.77. The van der Waals surface area contributed by atoms with Crippen molar-refractivity contribution in [2.75, 3.05) is 5.32 Å². The molecule has 3 N–H and O–H groups in total. The molecule has 0 aliphatic heterocycles. The fraction of sp³-hybridized carbons (Fsp3) is 0.267. The van der Waals surface area contributed by atoms with Crippen LogP contribution in [0.4, 0.5) is 5.69 Å². The average Bonchev–Trinajstić information content (AvgIpc) is 2.51. The minimum atomic E-state index is -0.256. The second kappa shape index (κ2) is 6.81. The molecule has 0 unspecified atom stereocenters. The number of hydrogen-bond acceptors (Lipinski definition) is 4. The number of carbonyl (C=O) groups is 1. The third kappa shape index (κ3) is 3.76. The molecule has 0 aromatic carbocycles. The van der Waals surface area contributed by atoms with Crippen LogP contribution in [-0.4, -0.2) is 15.5 Å². The lowest BCUT2D eigenvalue weighted by Crippen LogP contribution is -2.20. The Bertz CT molecular complexity index is 694. The Morgan fingerprint density at radius 3 is 2.90 bits per heavy atom. The van der Waals surface area contributed by atoms with Gasteiger partial charge in [0.25, 0.3) is 11.5 Å². The summed E-state index contributed by atoms with van der Waals surface area (Å²) >= 11 is 0. The number of aryl methyl sites for hydroxylation is 1. The zero-order valence-corrected chi connectivity index (χ0v) is 11.9. The van der Waals surface area contributed by atoms with Crippen molar-refractivity contribution in [2.45, 2.75) is 26.4 Å². The first-order valence-corrected chi connectivity index (χ1v) is 6.81. The molecular weight excluding hydrogens is 268 g/mol. The Morgan fingerprint density at radius 1 is 1.38 bits per heavy atom. The normalized spacial score (nSPS) is 10.4. The number of rotatable bonds is 5. The van der Waals surface area contributed by atoms with Crippen molar-refractivity contribution in [2.24, 2.45) is 5.73 Å². The lowest BCUT2D eigenvalue weighted by Gasteiger charge is -2.09. The van der Waals surface area contributed by atoms with Crippen molar-refractivity contribution >= 4 is 11.6 Å². The predicted molar refractivity (Wildman–Crippen MR) is 81.1 cm³/mol. The summed E-state index contributed by atoms with van der Waals surface area (Å²) in [7, 11) is 0. The van der Waals surface area contributed by atoms with Crippen LogP contribution in [0, 0.1) is 0 Å². The molecule has 110 valence electrons. The van der Waals surface area contributed by atoms with Crippen LogP contribution in [0.1, 0.15) is 29.4 Å². The van der Waals surface area contributed by atoms with E-state index in [0.717, 1.165) is 6.42 Å². The zero-order chi connectivity index (χ0) is 15.2. The summed E-state index contributed by atoms with van der Waals surface area (Å²) < 4.78 is 1.58. The van der Waals surface area contributed by atoms with Crippen LogP contribution in [0.5, 0.6) is 0 Å². The van der Waals surface area contributed by atoms with E-state index in [1.807, 2.05) is 6.92 Å². The topological polar surface area (TPSA) is 90.0 Å². The Balaban J connectivity index is 2.19. The summed E-state index contributed by atoms with van der Waals surface area (Å²) in [4.78, 5) is 27.8. The van der Waals surface area contributed by atoms with Gasteiger partial charge in [0.2, 0.25) is 0 Å². The molecule has 0 bridgehead atoms. The lowest BCUT2D eigenvalue weighted by atomic mass is 10.2. The molecule has 2 rings (SSSR count). The summed E-state index contributed by atoms with van der Waals surface area (Å²) in [6.45, 7) is 2.89. The number of aromatic nitrogens is 2. The van der Waals surface area contributed by atoms with E-state index in [4.69, 9.17) is 5.73 Å². The Morgan fingerprint density at radius 2 is 2.19 bits per heavy atom. The molecule has 0 saturated carbocycles. The molecule has 0 atom stereocenters.